The molecule has 4 unspecified atom stereocenters. The maximum atomic E-state index is 10.4. The molecule has 94 valence electrons. The average Bonchev–Trinajstić information content (AvgIpc) is 2.48. The van der Waals surface area contributed by atoms with E-state index in [0.717, 1.165) is 11.8 Å². The molecule has 4 atom stereocenters. The van der Waals surface area contributed by atoms with E-state index in [1.54, 1.807) is 0 Å². The first-order valence-electron chi connectivity index (χ1n) is 6.84. The third-order valence-electron chi connectivity index (χ3n) is 5.08. The Morgan fingerprint density at radius 2 is 1.81 bits per heavy atom. The Balaban J connectivity index is 1.99. The lowest BCUT2D eigenvalue weighted by Crippen LogP contribution is -2.49. The molecule has 2 heteroatoms. The predicted octanol–water partition coefficient (Wildman–Crippen LogP) is 2.51. The fourth-order valence-corrected chi connectivity index (χ4v) is 3.33. The largest absolute Gasteiger partial charge is 0.391 e. The Morgan fingerprint density at radius 3 is 2.31 bits per heavy atom. The molecule has 1 aliphatic heterocycles. The van der Waals surface area contributed by atoms with Gasteiger partial charge in [0.25, 0.3) is 0 Å². The molecule has 2 nitrogen and oxygen atoms in total. The van der Waals surface area contributed by atoms with Gasteiger partial charge < -0.3 is 5.11 Å². The van der Waals surface area contributed by atoms with Crippen LogP contribution in [0.3, 0.4) is 0 Å². The highest BCUT2D eigenvalue weighted by atomic mass is 16.3. The highest BCUT2D eigenvalue weighted by molar-refractivity contribution is 4.97. The molecular formula is C14H27NO. The van der Waals surface area contributed by atoms with Crippen LogP contribution in [0.15, 0.2) is 0 Å². The van der Waals surface area contributed by atoms with E-state index in [2.05, 4.69) is 32.6 Å². The Morgan fingerprint density at radius 1 is 1.12 bits per heavy atom. The lowest BCUT2D eigenvalue weighted by atomic mass is 9.86. The van der Waals surface area contributed by atoms with Crippen molar-refractivity contribution >= 4 is 0 Å². The van der Waals surface area contributed by atoms with Crippen molar-refractivity contribution in [3.63, 3.8) is 0 Å². The summed E-state index contributed by atoms with van der Waals surface area (Å²) in [5, 5.41) is 10.4. The standard InChI is InChI=1S/C14H27NO/c1-10-6-8-15(9-11(10)2)12-5-7-14(3,4)13(12)16/h10-13,16H,5-9H2,1-4H3. The van der Waals surface area contributed by atoms with Crippen LogP contribution in [-0.4, -0.2) is 35.2 Å². The average molecular weight is 225 g/mol. The van der Waals surface area contributed by atoms with Gasteiger partial charge in [-0.1, -0.05) is 27.7 Å². The smallest absolute Gasteiger partial charge is 0.0746 e. The third-order valence-corrected chi connectivity index (χ3v) is 5.08. The van der Waals surface area contributed by atoms with Crippen LogP contribution in [0.5, 0.6) is 0 Å². The van der Waals surface area contributed by atoms with Gasteiger partial charge in [-0.3, -0.25) is 4.90 Å². The zero-order chi connectivity index (χ0) is 11.9. The van der Waals surface area contributed by atoms with Gasteiger partial charge in [0.1, 0.15) is 0 Å². The zero-order valence-electron chi connectivity index (χ0n) is 11.2. The molecule has 1 heterocycles. The molecule has 2 rings (SSSR count). The molecule has 0 radical (unpaired) electrons. The SMILES string of the molecule is CC1CCN(C2CCC(C)(C)C2O)CC1C. The number of aliphatic hydroxyl groups is 1. The zero-order valence-corrected chi connectivity index (χ0v) is 11.2. The molecular weight excluding hydrogens is 198 g/mol. The summed E-state index contributed by atoms with van der Waals surface area (Å²) in [4.78, 5) is 2.55. The fraction of sp³-hybridized carbons (Fsp3) is 1.00. The number of rotatable bonds is 1. The van der Waals surface area contributed by atoms with Gasteiger partial charge >= 0.3 is 0 Å². The van der Waals surface area contributed by atoms with Gasteiger partial charge in [0.05, 0.1) is 6.10 Å². The number of aliphatic hydroxyl groups excluding tert-OH is 1. The van der Waals surface area contributed by atoms with E-state index in [-0.39, 0.29) is 11.5 Å². The Kier molecular flexibility index (Phi) is 3.33. The molecule has 2 fully saturated rings. The number of nitrogens with zero attached hydrogens (tertiary/aromatic N) is 1. The minimum Gasteiger partial charge on any atom is -0.391 e. The highest BCUT2D eigenvalue weighted by Crippen LogP contribution is 2.41. The lowest BCUT2D eigenvalue weighted by Gasteiger charge is -2.41. The summed E-state index contributed by atoms with van der Waals surface area (Å²) in [6.45, 7) is 11.5. The number of likely N-dealkylation sites (tertiary alicyclic amines) is 1. The van der Waals surface area contributed by atoms with Gasteiger partial charge in [0.15, 0.2) is 0 Å². The second-order valence-electron chi connectivity index (χ2n) is 6.78. The third kappa shape index (κ3) is 2.14. The first-order chi connectivity index (χ1) is 7.42. The van der Waals surface area contributed by atoms with Crippen molar-refractivity contribution in [3.8, 4) is 0 Å². The monoisotopic (exact) mass is 225 g/mol. The van der Waals surface area contributed by atoms with Gasteiger partial charge in [-0.25, -0.2) is 0 Å². The molecule has 0 spiro atoms. The van der Waals surface area contributed by atoms with Gasteiger partial charge in [-0.15, -0.1) is 0 Å². The molecule has 16 heavy (non-hydrogen) atoms. The Labute approximate surface area is 100 Å². The molecule has 1 saturated carbocycles. The van der Waals surface area contributed by atoms with Crippen molar-refractivity contribution in [3.05, 3.63) is 0 Å². The summed E-state index contributed by atoms with van der Waals surface area (Å²) in [7, 11) is 0. The number of hydrogen-bond acceptors (Lipinski definition) is 2. The molecule has 1 saturated heterocycles. The van der Waals surface area contributed by atoms with Crippen LogP contribution in [0.1, 0.15) is 47.0 Å². The molecule has 2 aliphatic rings. The normalized spacial score (nSPS) is 44.8. The quantitative estimate of drug-likeness (QED) is 0.741. The Bertz CT molecular complexity index is 251. The van der Waals surface area contributed by atoms with Crippen molar-refractivity contribution in [1.82, 2.24) is 4.90 Å². The topological polar surface area (TPSA) is 23.5 Å². The molecule has 1 N–H and O–H groups in total. The fourth-order valence-electron chi connectivity index (χ4n) is 3.33. The van der Waals surface area contributed by atoms with E-state index in [0.29, 0.717) is 6.04 Å². The Hall–Kier alpha value is -0.0800. The van der Waals surface area contributed by atoms with E-state index < -0.39 is 0 Å². The van der Waals surface area contributed by atoms with E-state index in [1.807, 2.05) is 0 Å². The lowest BCUT2D eigenvalue weighted by molar-refractivity contribution is -0.00640. The van der Waals surface area contributed by atoms with Gasteiger partial charge in [-0.2, -0.15) is 0 Å². The van der Waals surface area contributed by atoms with Crippen molar-refractivity contribution in [2.75, 3.05) is 13.1 Å². The maximum absolute atomic E-state index is 10.4. The van der Waals surface area contributed by atoms with Crippen LogP contribution < -0.4 is 0 Å². The predicted molar refractivity (Wildman–Crippen MR) is 67.3 cm³/mol. The van der Waals surface area contributed by atoms with Crippen LogP contribution in [0.4, 0.5) is 0 Å². The van der Waals surface area contributed by atoms with Crippen molar-refractivity contribution < 1.29 is 5.11 Å². The first-order valence-corrected chi connectivity index (χ1v) is 6.84. The van der Waals surface area contributed by atoms with Crippen LogP contribution >= 0.6 is 0 Å². The summed E-state index contributed by atoms with van der Waals surface area (Å²) in [6, 6.07) is 0.421. The summed E-state index contributed by atoms with van der Waals surface area (Å²) in [5.74, 6) is 1.63. The second-order valence-corrected chi connectivity index (χ2v) is 6.78. The van der Waals surface area contributed by atoms with Gasteiger partial charge in [0.2, 0.25) is 0 Å². The molecule has 0 aromatic heterocycles. The summed E-state index contributed by atoms with van der Waals surface area (Å²) >= 11 is 0. The molecule has 0 aromatic rings. The van der Waals surface area contributed by atoms with Gasteiger partial charge in [0, 0.05) is 12.6 Å². The van der Waals surface area contributed by atoms with E-state index in [1.165, 1.54) is 32.4 Å². The van der Waals surface area contributed by atoms with Crippen molar-refractivity contribution in [1.29, 1.82) is 0 Å². The maximum Gasteiger partial charge on any atom is 0.0746 e. The molecule has 1 aliphatic carbocycles. The van der Waals surface area contributed by atoms with Crippen LogP contribution in [0.2, 0.25) is 0 Å². The molecule has 0 amide bonds. The van der Waals surface area contributed by atoms with E-state index >= 15 is 0 Å². The van der Waals surface area contributed by atoms with Crippen LogP contribution in [0.25, 0.3) is 0 Å². The van der Waals surface area contributed by atoms with E-state index in [4.69, 9.17) is 0 Å². The van der Waals surface area contributed by atoms with Crippen molar-refractivity contribution in [2.45, 2.75) is 59.1 Å². The summed E-state index contributed by atoms with van der Waals surface area (Å²) in [5.41, 5.74) is 0.122. The van der Waals surface area contributed by atoms with Crippen LogP contribution in [-0.2, 0) is 0 Å². The van der Waals surface area contributed by atoms with Crippen molar-refractivity contribution in [2.24, 2.45) is 17.3 Å². The van der Waals surface area contributed by atoms with E-state index in [9.17, 15) is 5.11 Å². The van der Waals surface area contributed by atoms with Gasteiger partial charge in [-0.05, 0) is 43.1 Å². The molecule has 0 aromatic carbocycles. The first kappa shape index (κ1) is 12.4. The van der Waals surface area contributed by atoms with Crippen LogP contribution in [0, 0.1) is 17.3 Å². The highest BCUT2D eigenvalue weighted by Gasteiger charge is 2.44. The number of hydrogen-bond donors (Lipinski definition) is 1. The second kappa shape index (κ2) is 4.30. The summed E-state index contributed by atoms with van der Waals surface area (Å²) < 4.78 is 0. The number of piperidine rings is 1. The summed E-state index contributed by atoms with van der Waals surface area (Å²) in [6.07, 6.45) is 3.51. The molecule has 0 bridgehead atoms. The minimum atomic E-state index is -0.131. The minimum absolute atomic E-state index is 0.122.